The van der Waals surface area contributed by atoms with Crippen LogP contribution in [0.3, 0.4) is 0 Å². The molecule has 0 bridgehead atoms. The highest BCUT2D eigenvalue weighted by Crippen LogP contribution is 2.21. The maximum absolute atomic E-state index is 11.8. The minimum atomic E-state index is -4.33. The molecule has 0 heterocycles. The van der Waals surface area contributed by atoms with Crippen molar-refractivity contribution < 1.29 is 31.5 Å². The number of carbonyl (C=O) groups excluding carboxylic acids is 1. The molecule has 0 saturated carbocycles. The van der Waals surface area contributed by atoms with Crippen LogP contribution in [0.25, 0.3) is 0 Å². The van der Waals surface area contributed by atoms with Gasteiger partial charge in [-0.3, -0.25) is 0 Å². The minimum Gasteiger partial charge on any atom is -0.549 e. The van der Waals surface area contributed by atoms with Gasteiger partial charge in [0.1, 0.15) is 9.84 Å². The summed E-state index contributed by atoms with van der Waals surface area (Å²) in [5.41, 5.74) is 0. The first-order valence-corrected chi connectivity index (χ1v) is 7.62. The number of carboxylic acid groups (broad SMARTS) is 1. The summed E-state index contributed by atoms with van der Waals surface area (Å²) in [4.78, 5) is 10.0. The number of rotatable bonds is 10. The first-order chi connectivity index (χ1) is 8.62. The van der Waals surface area contributed by atoms with Crippen molar-refractivity contribution in [1.82, 2.24) is 5.32 Å². The second-order valence-corrected chi connectivity index (χ2v) is 6.43. The van der Waals surface area contributed by atoms with Crippen LogP contribution < -0.4 is 10.4 Å². The van der Waals surface area contributed by atoms with Gasteiger partial charge in [-0.15, -0.1) is 0 Å². The number of halogens is 3. The van der Waals surface area contributed by atoms with E-state index in [0.717, 1.165) is 0 Å². The highest BCUT2D eigenvalue weighted by atomic mass is 32.2. The number of carbonyl (C=O) groups is 1. The molecule has 0 atom stereocenters. The molecule has 0 aliphatic carbocycles. The second kappa shape index (κ2) is 8.36. The van der Waals surface area contributed by atoms with Crippen molar-refractivity contribution in [2.45, 2.75) is 31.9 Å². The van der Waals surface area contributed by atoms with Gasteiger partial charge >= 0.3 is 6.18 Å². The maximum atomic E-state index is 11.8. The lowest BCUT2D eigenvalue weighted by molar-refractivity contribution is -0.304. The zero-order valence-electron chi connectivity index (χ0n) is 10.3. The number of unbranched alkanes of at least 4 members (excludes halogenated alkanes) is 1. The molecule has 0 radical (unpaired) electrons. The molecule has 5 nitrogen and oxygen atoms in total. The molecule has 19 heavy (non-hydrogen) atoms. The Balaban J connectivity index is 3.65. The fourth-order valence-corrected chi connectivity index (χ4v) is 2.79. The van der Waals surface area contributed by atoms with Gasteiger partial charge in [0, 0.05) is 13.0 Å². The Morgan fingerprint density at radius 1 is 1.11 bits per heavy atom. The lowest BCUT2D eigenvalue weighted by Crippen LogP contribution is -2.35. The van der Waals surface area contributed by atoms with Crippen molar-refractivity contribution in [2.75, 3.05) is 24.6 Å². The standard InChI is InChI=1S/C10H18F3NO4S/c11-10(12,13)4-3-7-19(17,18)6-2-1-5-14-8-9(15)16/h14H,1-8H2,(H,15,16)/p-1. The molecule has 0 aromatic rings. The summed E-state index contributed by atoms with van der Waals surface area (Å²) in [6.07, 6.45) is -5.13. The highest BCUT2D eigenvalue weighted by molar-refractivity contribution is 7.91. The molecule has 0 amide bonds. The fraction of sp³-hybridized carbons (Fsp3) is 0.900. The van der Waals surface area contributed by atoms with Gasteiger partial charge in [-0.05, 0) is 25.8 Å². The molecule has 0 aromatic carbocycles. The Kier molecular flexibility index (Phi) is 8.00. The van der Waals surface area contributed by atoms with Crippen molar-refractivity contribution in [2.24, 2.45) is 0 Å². The Bertz CT molecular complexity index is 367. The number of alkyl halides is 3. The van der Waals surface area contributed by atoms with Crippen LogP contribution in [0.15, 0.2) is 0 Å². The van der Waals surface area contributed by atoms with E-state index in [1.54, 1.807) is 0 Å². The van der Waals surface area contributed by atoms with Crippen molar-refractivity contribution in [1.29, 1.82) is 0 Å². The van der Waals surface area contributed by atoms with Gasteiger partial charge in [0.05, 0.1) is 17.5 Å². The predicted octanol–water partition coefficient (Wildman–Crippen LogP) is -0.137. The van der Waals surface area contributed by atoms with E-state index in [2.05, 4.69) is 5.32 Å². The van der Waals surface area contributed by atoms with Gasteiger partial charge < -0.3 is 15.2 Å². The summed E-state index contributed by atoms with van der Waals surface area (Å²) in [6, 6.07) is 0. The van der Waals surface area contributed by atoms with Crippen molar-refractivity contribution in [3.05, 3.63) is 0 Å². The van der Waals surface area contributed by atoms with E-state index in [0.29, 0.717) is 13.0 Å². The SMILES string of the molecule is O=C([O-])CNCCCCS(=O)(=O)CCCC(F)(F)F. The largest absolute Gasteiger partial charge is 0.549 e. The third-order valence-corrected chi connectivity index (χ3v) is 4.07. The molecule has 0 saturated heterocycles. The van der Waals surface area contributed by atoms with E-state index in [-0.39, 0.29) is 18.7 Å². The predicted molar refractivity (Wildman–Crippen MR) is 61.1 cm³/mol. The van der Waals surface area contributed by atoms with Crippen LogP contribution in [0.5, 0.6) is 0 Å². The smallest absolute Gasteiger partial charge is 0.389 e. The summed E-state index contributed by atoms with van der Waals surface area (Å²) in [5.74, 6) is -1.91. The number of nitrogens with one attached hydrogen (secondary N) is 1. The normalized spacial score (nSPS) is 12.6. The van der Waals surface area contributed by atoms with Crippen LogP contribution in [0.2, 0.25) is 0 Å². The molecular weight excluding hydrogens is 287 g/mol. The quantitative estimate of drug-likeness (QED) is 0.568. The van der Waals surface area contributed by atoms with Gasteiger partial charge in [-0.25, -0.2) is 8.42 Å². The molecule has 0 aliphatic heterocycles. The zero-order valence-corrected chi connectivity index (χ0v) is 11.1. The molecule has 0 fully saturated rings. The van der Waals surface area contributed by atoms with Crippen LogP contribution in [0.4, 0.5) is 13.2 Å². The molecule has 0 aromatic heterocycles. The summed E-state index contributed by atoms with van der Waals surface area (Å²) in [6.45, 7) is 0.0182. The lowest BCUT2D eigenvalue weighted by atomic mass is 10.3. The van der Waals surface area contributed by atoms with E-state index in [4.69, 9.17) is 0 Å². The Morgan fingerprint density at radius 3 is 2.21 bits per heavy atom. The summed E-state index contributed by atoms with van der Waals surface area (Å²) in [5, 5.41) is 12.6. The monoisotopic (exact) mass is 304 g/mol. The number of hydrogen-bond acceptors (Lipinski definition) is 5. The average Bonchev–Trinajstić information content (AvgIpc) is 2.20. The molecule has 114 valence electrons. The Labute approximate surface area is 110 Å². The Hall–Kier alpha value is -0.830. The minimum absolute atomic E-state index is 0.183. The van der Waals surface area contributed by atoms with Gasteiger partial charge in [0.2, 0.25) is 0 Å². The van der Waals surface area contributed by atoms with E-state index < -0.39 is 40.6 Å². The number of sulfone groups is 1. The van der Waals surface area contributed by atoms with Crippen LogP contribution in [0, 0.1) is 0 Å². The van der Waals surface area contributed by atoms with Crippen molar-refractivity contribution in [3.63, 3.8) is 0 Å². The van der Waals surface area contributed by atoms with Crippen LogP contribution in [-0.4, -0.2) is 45.2 Å². The first kappa shape index (κ1) is 18.2. The molecule has 9 heteroatoms. The summed E-state index contributed by atoms with van der Waals surface area (Å²) < 4.78 is 58.2. The second-order valence-electron chi connectivity index (χ2n) is 4.13. The summed E-state index contributed by atoms with van der Waals surface area (Å²) >= 11 is 0. The van der Waals surface area contributed by atoms with E-state index in [9.17, 15) is 31.5 Å². The molecular formula is C10H17F3NO4S-. The van der Waals surface area contributed by atoms with E-state index >= 15 is 0 Å². The molecule has 1 N–H and O–H groups in total. The van der Waals surface area contributed by atoms with Gasteiger partial charge in [-0.2, -0.15) is 13.2 Å². The van der Waals surface area contributed by atoms with Crippen molar-refractivity contribution >= 4 is 15.8 Å². The van der Waals surface area contributed by atoms with Crippen LogP contribution in [0.1, 0.15) is 25.7 Å². The average molecular weight is 304 g/mol. The van der Waals surface area contributed by atoms with Crippen LogP contribution >= 0.6 is 0 Å². The van der Waals surface area contributed by atoms with Gasteiger partial charge in [0.25, 0.3) is 0 Å². The third kappa shape index (κ3) is 13.4. The molecule has 0 unspecified atom stereocenters. The molecule has 0 spiro atoms. The third-order valence-electron chi connectivity index (χ3n) is 2.24. The van der Waals surface area contributed by atoms with E-state index in [1.165, 1.54) is 0 Å². The number of aliphatic carboxylic acids is 1. The van der Waals surface area contributed by atoms with Gasteiger partial charge in [-0.1, -0.05) is 0 Å². The summed E-state index contributed by atoms with van der Waals surface area (Å²) in [7, 11) is -3.46. The topological polar surface area (TPSA) is 86.3 Å². The molecule has 0 rings (SSSR count). The van der Waals surface area contributed by atoms with Crippen LogP contribution in [-0.2, 0) is 14.6 Å². The number of carboxylic acids is 1. The van der Waals surface area contributed by atoms with Crippen molar-refractivity contribution in [3.8, 4) is 0 Å². The van der Waals surface area contributed by atoms with Gasteiger partial charge in [0.15, 0.2) is 0 Å². The fourth-order valence-electron chi connectivity index (χ4n) is 1.36. The number of hydrogen-bond donors (Lipinski definition) is 1. The maximum Gasteiger partial charge on any atom is 0.389 e. The first-order valence-electron chi connectivity index (χ1n) is 5.80. The molecule has 0 aliphatic rings. The lowest BCUT2D eigenvalue weighted by Gasteiger charge is -2.07. The zero-order chi connectivity index (χ0) is 14.9. The highest BCUT2D eigenvalue weighted by Gasteiger charge is 2.27. The van der Waals surface area contributed by atoms with E-state index in [1.807, 2.05) is 0 Å². The Morgan fingerprint density at radius 2 is 1.68 bits per heavy atom.